The summed E-state index contributed by atoms with van der Waals surface area (Å²) < 4.78 is 30.6. The minimum atomic E-state index is -3.30. The SMILES string of the molecule is CS(=O)(=O)c1ccc(-c2sc3ccccc3c(=O)c2-c2cc3ccccc3o2)cc1. The van der Waals surface area contributed by atoms with Crippen molar-refractivity contribution in [2.45, 2.75) is 4.90 Å². The molecule has 0 spiro atoms. The van der Waals surface area contributed by atoms with E-state index in [2.05, 4.69) is 0 Å². The largest absolute Gasteiger partial charge is 0.456 e. The zero-order chi connectivity index (χ0) is 20.9. The van der Waals surface area contributed by atoms with E-state index in [1.54, 1.807) is 24.3 Å². The Morgan fingerprint density at radius 3 is 2.30 bits per heavy atom. The number of para-hydroxylation sites is 1. The Labute approximate surface area is 177 Å². The Balaban J connectivity index is 1.82. The fraction of sp³-hybridized carbons (Fsp3) is 0.0417. The maximum atomic E-state index is 13.5. The number of benzene rings is 3. The molecule has 0 saturated carbocycles. The van der Waals surface area contributed by atoms with Gasteiger partial charge in [0.2, 0.25) is 0 Å². The van der Waals surface area contributed by atoms with Gasteiger partial charge in [-0.3, -0.25) is 4.79 Å². The lowest BCUT2D eigenvalue weighted by Crippen LogP contribution is -2.05. The first-order valence-corrected chi connectivity index (χ1v) is 12.0. The van der Waals surface area contributed by atoms with Crippen LogP contribution >= 0.6 is 11.3 Å². The van der Waals surface area contributed by atoms with E-state index in [0.717, 1.165) is 20.5 Å². The molecule has 148 valence electrons. The first kappa shape index (κ1) is 18.8. The van der Waals surface area contributed by atoms with Crippen LogP contribution in [0.15, 0.2) is 93.0 Å². The molecule has 30 heavy (non-hydrogen) atoms. The molecule has 0 aliphatic heterocycles. The Hall–Kier alpha value is -3.22. The van der Waals surface area contributed by atoms with Crippen molar-refractivity contribution >= 4 is 42.2 Å². The second-order valence-corrected chi connectivity index (χ2v) is 10.1. The lowest BCUT2D eigenvalue weighted by Gasteiger charge is -2.09. The van der Waals surface area contributed by atoms with Crippen molar-refractivity contribution in [1.82, 2.24) is 0 Å². The average molecular weight is 433 g/mol. The van der Waals surface area contributed by atoms with Gasteiger partial charge < -0.3 is 4.42 Å². The van der Waals surface area contributed by atoms with Gasteiger partial charge in [0.15, 0.2) is 15.3 Å². The standard InChI is InChI=1S/C24H16O4S2/c1-30(26,27)17-12-10-15(11-13-17)24-22(20-14-16-6-2-4-8-19(16)28-20)23(25)18-7-3-5-9-21(18)29-24/h2-14H,1H3. The van der Waals surface area contributed by atoms with Crippen LogP contribution in [0.2, 0.25) is 0 Å². The van der Waals surface area contributed by atoms with Crippen molar-refractivity contribution in [3.63, 3.8) is 0 Å². The van der Waals surface area contributed by atoms with Crippen molar-refractivity contribution in [2.24, 2.45) is 0 Å². The lowest BCUT2D eigenvalue weighted by atomic mass is 10.0. The molecule has 0 saturated heterocycles. The molecule has 2 heterocycles. The Kier molecular flexibility index (Phi) is 4.34. The molecule has 5 rings (SSSR count). The Morgan fingerprint density at radius 1 is 0.867 bits per heavy atom. The van der Waals surface area contributed by atoms with Crippen molar-refractivity contribution in [3.8, 4) is 21.8 Å². The number of hydrogen-bond acceptors (Lipinski definition) is 5. The van der Waals surface area contributed by atoms with E-state index < -0.39 is 9.84 Å². The average Bonchev–Trinajstić information content (AvgIpc) is 3.17. The van der Waals surface area contributed by atoms with Crippen LogP contribution in [0.1, 0.15) is 0 Å². The van der Waals surface area contributed by atoms with E-state index in [0.29, 0.717) is 22.3 Å². The van der Waals surface area contributed by atoms with E-state index in [1.165, 1.54) is 17.6 Å². The normalized spacial score (nSPS) is 11.9. The molecule has 6 heteroatoms. The minimum absolute atomic E-state index is 0.106. The van der Waals surface area contributed by atoms with Crippen molar-refractivity contribution < 1.29 is 12.8 Å². The zero-order valence-electron chi connectivity index (χ0n) is 16.0. The predicted octanol–water partition coefficient (Wildman–Crippen LogP) is 5.75. The molecule has 0 atom stereocenters. The minimum Gasteiger partial charge on any atom is -0.456 e. The summed E-state index contributed by atoms with van der Waals surface area (Å²) in [5.41, 5.74) is 1.86. The van der Waals surface area contributed by atoms with Gasteiger partial charge in [-0.25, -0.2) is 8.42 Å². The molecule has 0 aliphatic rings. The quantitative estimate of drug-likeness (QED) is 0.364. The molecule has 5 aromatic rings. The van der Waals surface area contributed by atoms with Crippen LogP contribution in [0.25, 0.3) is 42.8 Å². The van der Waals surface area contributed by atoms with Gasteiger partial charge in [0.1, 0.15) is 11.3 Å². The third-order valence-electron chi connectivity index (χ3n) is 5.01. The van der Waals surface area contributed by atoms with Crippen LogP contribution in [0.4, 0.5) is 0 Å². The highest BCUT2D eigenvalue weighted by Crippen LogP contribution is 2.38. The first-order valence-electron chi connectivity index (χ1n) is 9.27. The van der Waals surface area contributed by atoms with Gasteiger partial charge in [-0.05, 0) is 42.0 Å². The number of fused-ring (bicyclic) bond motifs is 2. The van der Waals surface area contributed by atoms with E-state index >= 15 is 0 Å². The third-order valence-corrected chi connectivity index (χ3v) is 7.36. The van der Waals surface area contributed by atoms with E-state index in [9.17, 15) is 13.2 Å². The zero-order valence-corrected chi connectivity index (χ0v) is 17.6. The maximum Gasteiger partial charge on any atom is 0.199 e. The fourth-order valence-corrected chi connectivity index (χ4v) is 5.34. The summed E-state index contributed by atoms with van der Waals surface area (Å²) in [6.45, 7) is 0. The molecule has 2 aromatic heterocycles. The number of furan rings is 1. The molecule has 0 fully saturated rings. The second kappa shape index (κ2) is 6.93. The van der Waals surface area contributed by atoms with Gasteiger partial charge in [-0.15, -0.1) is 11.3 Å². The summed E-state index contributed by atoms with van der Waals surface area (Å²) in [6.07, 6.45) is 1.18. The molecule has 0 bridgehead atoms. The Bertz CT molecular complexity index is 1540. The summed E-state index contributed by atoms with van der Waals surface area (Å²) in [5, 5.41) is 1.55. The van der Waals surface area contributed by atoms with Gasteiger partial charge in [0.25, 0.3) is 0 Å². The van der Waals surface area contributed by atoms with Gasteiger partial charge in [-0.1, -0.05) is 42.5 Å². The van der Waals surface area contributed by atoms with E-state index in [4.69, 9.17) is 4.42 Å². The summed E-state index contributed by atoms with van der Waals surface area (Å²) in [4.78, 5) is 14.5. The first-order chi connectivity index (χ1) is 14.4. The third kappa shape index (κ3) is 3.14. The molecule has 3 aromatic carbocycles. The predicted molar refractivity (Wildman–Crippen MR) is 122 cm³/mol. The van der Waals surface area contributed by atoms with Crippen LogP contribution in [0.5, 0.6) is 0 Å². The van der Waals surface area contributed by atoms with Crippen LogP contribution in [0, 0.1) is 0 Å². The molecule has 0 unspecified atom stereocenters. The van der Waals surface area contributed by atoms with Crippen LogP contribution < -0.4 is 5.43 Å². The molecule has 0 aliphatic carbocycles. The second-order valence-electron chi connectivity index (χ2n) is 7.08. The molecular weight excluding hydrogens is 416 g/mol. The summed E-state index contributed by atoms with van der Waals surface area (Å²) in [6, 6.07) is 23.6. The van der Waals surface area contributed by atoms with Crippen molar-refractivity contribution in [3.05, 3.63) is 89.1 Å². The maximum absolute atomic E-state index is 13.5. The molecule has 4 nitrogen and oxygen atoms in total. The van der Waals surface area contributed by atoms with Gasteiger partial charge in [-0.2, -0.15) is 0 Å². The van der Waals surface area contributed by atoms with Gasteiger partial charge >= 0.3 is 0 Å². The van der Waals surface area contributed by atoms with Crippen LogP contribution in [0.3, 0.4) is 0 Å². The van der Waals surface area contributed by atoms with Crippen LogP contribution in [-0.2, 0) is 9.84 Å². The van der Waals surface area contributed by atoms with Crippen molar-refractivity contribution in [1.29, 1.82) is 0 Å². The van der Waals surface area contributed by atoms with Crippen LogP contribution in [-0.4, -0.2) is 14.7 Å². The number of hydrogen-bond donors (Lipinski definition) is 0. The highest BCUT2D eigenvalue weighted by Gasteiger charge is 2.20. The lowest BCUT2D eigenvalue weighted by molar-refractivity contribution is 0.602. The van der Waals surface area contributed by atoms with Gasteiger partial charge in [0.05, 0.1) is 10.5 Å². The molecule has 0 amide bonds. The number of sulfone groups is 1. The van der Waals surface area contributed by atoms with Crippen molar-refractivity contribution in [2.75, 3.05) is 6.26 Å². The molecular formula is C24H16O4S2. The fourth-order valence-electron chi connectivity index (χ4n) is 3.53. The highest BCUT2D eigenvalue weighted by molar-refractivity contribution is 7.90. The summed E-state index contributed by atoms with van der Waals surface area (Å²) in [7, 11) is -3.30. The Morgan fingerprint density at radius 2 is 1.57 bits per heavy atom. The number of rotatable bonds is 3. The summed E-state index contributed by atoms with van der Waals surface area (Å²) >= 11 is 1.49. The monoisotopic (exact) mass is 432 g/mol. The smallest absolute Gasteiger partial charge is 0.199 e. The van der Waals surface area contributed by atoms with Gasteiger partial charge in [0, 0.05) is 26.6 Å². The molecule has 0 N–H and O–H groups in total. The van der Waals surface area contributed by atoms with E-state index in [-0.39, 0.29) is 10.3 Å². The molecule has 0 radical (unpaired) electrons. The summed E-state index contributed by atoms with van der Waals surface area (Å²) in [5.74, 6) is 0.505. The van der Waals surface area contributed by atoms with E-state index in [1.807, 2.05) is 54.6 Å². The topological polar surface area (TPSA) is 64.3 Å². The highest BCUT2D eigenvalue weighted by atomic mass is 32.2.